The van der Waals surface area contributed by atoms with Crippen LogP contribution >= 0.6 is 0 Å². The molecule has 0 unspecified atom stereocenters. The highest BCUT2D eigenvalue weighted by molar-refractivity contribution is 5.07. The second-order valence-corrected chi connectivity index (χ2v) is 2.04. The Balaban J connectivity index is 2.95. The molecule has 79 valence electrons. The third-order valence-corrected chi connectivity index (χ3v) is 1.01. The molecule has 0 aliphatic rings. The molecule has 1 aromatic heterocycles. The van der Waals surface area contributed by atoms with Crippen LogP contribution in [0.5, 0.6) is 5.88 Å². The van der Waals surface area contributed by atoms with Crippen molar-refractivity contribution in [3.8, 4) is 5.88 Å². The summed E-state index contributed by atoms with van der Waals surface area (Å²) in [7, 11) is 0. The molecule has 0 aromatic carbocycles. The standard InChI is InChI=1S/C5HF6N2O/c6-4(7,8)13-3(1-2-12-13)14-5(9,10)11/h1H. The number of halogens is 6. The van der Waals surface area contributed by atoms with Gasteiger partial charge in [-0.1, -0.05) is 0 Å². The molecule has 9 heteroatoms. The van der Waals surface area contributed by atoms with Crippen molar-refractivity contribution in [2.75, 3.05) is 0 Å². The number of aromatic nitrogens is 2. The predicted molar refractivity (Wildman–Crippen MR) is 29.0 cm³/mol. The lowest BCUT2D eigenvalue weighted by molar-refractivity contribution is -0.285. The Hall–Kier alpha value is -1.41. The molecule has 0 saturated carbocycles. The van der Waals surface area contributed by atoms with Gasteiger partial charge in [-0.15, -0.1) is 31.0 Å². The molecular weight excluding hydrogens is 218 g/mol. The quantitative estimate of drug-likeness (QED) is 0.676. The van der Waals surface area contributed by atoms with Crippen molar-refractivity contribution in [2.45, 2.75) is 12.7 Å². The fraction of sp³-hybridized carbons (Fsp3) is 0.400. The third-order valence-electron chi connectivity index (χ3n) is 1.01. The number of nitrogens with zero attached hydrogens (tertiary/aromatic N) is 2. The number of alkyl halides is 6. The van der Waals surface area contributed by atoms with Crippen molar-refractivity contribution >= 4 is 0 Å². The van der Waals surface area contributed by atoms with Gasteiger partial charge in [-0.3, -0.25) is 0 Å². The van der Waals surface area contributed by atoms with Crippen molar-refractivity contribution < 1.29 is 31.1 Å². The van der Waals surface area contributed by atoms with E-state index in [1.165, 1.54) is 0 Å². The lowest BCUT2D eigenvalue weighted by Gasteiger charge is -2.12. The molecule has 0 atom stereocenters. The minimum atomic E-state index is -5.20. The van der Waals surface area contributed by atoms with Crippen LogP contribution in [-0.4, -0.2) is 16.1 Å². The number of hydrogen-bond donors (Lipinski definition) is 0. The maximum atomic E-state index is 11.9. The van der Waals surface area contributed by atoms with Gasteiger partial charge in [0.15, 0.2) is 0 Å². The first-order valence-electron chi connectivity index (χ1n) is 2.99. The minimum Gasteiger partial charge on any atom is -0.388 e. The molecule has 3 nitrogen and oxygen atoms in total. The Kier molecular flexibility index (Phi) is 2.34. The molecule has 0 N–H and O–H groups in total. The van der Waals surface area contributed by atoms with Crippen LogP contribution in [-0.2, 0) is 6.30 Å². The van der Waals surface area contributed by atoms with Crippen molar-refractivity contribution in [1.82, 2.24) is 9.78 Å². The zero-order chi connectivity index (χ0) is 11.0. The van der Waals surface area contributed by atoms with Gasteiger partial charge in [0.1, 0.15) is 6.20 Å². The van der Waals surface area contributed by atoms with Crippen LogP contribution < -0.4 is 4.74 Å². The van der Waals surface area contributed by atoms with Crippen LogP contribution in [0, 0.1) is 6.20 Å². The molecule has 0 bridgehead atoms. The summed E-state index contributed by atoms with van der Waals surface area (Å²) >= 11 is 0. The molecule has 14 heavy (non-hydrogen) atoms. The normalized spacial score (nSPS) is 13.0. The minimum absolute atomic E-state index is 0.334. The Morgan fingerprint density at radius 3 is 2.21 bits per heavy atom. The third kappa shape index (κ3) is 2.54. The molecule has 0 amide bonds. The fourth-order valence-corrected chi connectivity index (χ4v) is 0.625. The van der Waals surface area contributed by atoms with Gasteiger partial charge < -0.3 is 4.74 Å². The van der Waals surface area contributed by atoms with Crippen LogP contribution in [0.1, 0.15) is 0 Å². The molecule has 1 heterocycles. The van der Waals surface area contributed by atoms with Gasteiger partial charge >= 0.3 is 12.7 Å². The van der Waals surface area contributed by atoms with Gasteiger partial charge in [0.05, 0.1) is 0 Å². The molecule has 1 rings (SSSR count). The van der Waals surface area contributed by atoms with Gasteiger partial charge in [0.25, 0.3) is 0 Å². The second kappa shape index (κ2) is 3.07. The summed E-state index contributed by atoms with van der Waals surface area (Å²) in [6.45, 7) is 0. The van der Waals surface area contributed by atoms with Gasteiger partial charge in [0.2, 0.25) is 5.88 Å². The summed E-state index contributed by atoms with van der Waals surface area (Å²) < 4.78 is 72.5. The zero-order valence-electron chi connectivity index (χ0n) is 6.15. The van der Waals surface area contributed by atoms with E-state index in [0.29, 0.717) is 6.07 Å². The summed E-state index contributed by atoms with van der Waals surface area (Å²) in [5.74, 6) is -1.48. The predicted octanol–water partition coefficient (Wildman–Crippen LogP) is 2.06. The lowest BCUT2D eigenvalue weighted by atomic mass is 10.7. The summed E-state index contributed by atoms with van der Waals surface area (Å²) in [4.78, 5) is 0. The van der Waals surface area contributed by atoms with E-state index >= 15 is 0 Å². The first-order chi connectivity index (χ1) is 6.20. The molecular formula is C5HF6N2O. The summed E-state index contributed by atoms with van der Waals surface area (Å²) in [5, 5.41) is 2.51. The van der Waals surface area contributed by atoms with E-state index in [4.69, 9.17) is 0 Å². The molecule has 1 radical (unpaired) electrons. The SMILES string of the molecule is FC(F)(F)Oc1c[c]nn1C(F)(F)F. The summed E-state index contributed by atoms with van der Waals surface area (Å²) in [6, 6.07) is 0.334. The van der Waals surface area contributed by atoms with Crippen molar-refractivity contribution in [3.05, 3.63) is 12.3 Å². The Bertz CT molecular complexity index is 313. The van der Waals surface area contributed by atoms with Crippen molar-refractivity contribution in [3.63, 3.8) is 0 Å². The van der Waals surface area contributed by atoms with Crippen LogP contribution in [0.2, 0.25) is 0 Å². The van der Waals surface area contributed by atoms with E-state index in [1.807, 2.05) is 0 Å². The van der Waals surface area contributed by atoms with Gasteiger partial charge in [0, 0.05) is 6.07 Å². The highest BCUT2D eigenvalue weighted by atomic mass is 19.4. The van der Waals surface area contributed by atoms with Crippen molar-refractivity contribution in [1.29, 1.82) is 0 Å². The monoisotopic (exact) mass is 219 g/mol. The second-order valence-electron chi connectivity index (χ2n) is 2.04. The molecule has 0 spiro atoms. The van der Waals surface area contributed by atoms with Crippen LogP contribution in [0.15, 0.2) is 6.07 Å². The topological polar surface area (TPSA) is 27.1 Å². The molecule has 0 saturated heterocycles. The van der Waals surface area contributed by atoms with Crippen LogP contribution in [0.4, 0.5) is 26.3 Å². The molecule has 0 aliphatic carbocycles. The summed E-state index contributed by atoms with van der Waals surface area (Å²) in [5.41, 5.74) is 0. The van der Waals surface area contributed by atoms with Gasteiger partial charge in [-0.2, -0.15) is 5.10 Å². The largest absolute Gasteiger partial charge is 0.574 e. The highest BCUT2D eigenvalue weighted by Crippen LogP contribution is 2.29. The van der Waals surface area contributed by atoms with E-state index in [9.17, 15) is 26.3 Å². The Morgan fingerprint density at radius 2 is 1.79 bits per heavy atom. The smallest absolute Gasteiger partial charge is 0.388 e. The van der Waals surface area contributed by atoms with E-state index in [1.54, 1.807) is 6.20 Å². The van der Waals surface area contributed by atoms with E-state index in [0.717, 1.165) is 0 Å². The average Bonchev–Trinajstić information content (AvgIpc) is 2.29. The first kappa shape index (κ1) is 10.7. The zero-order valence-corrected chi connectivity index (χ0v) is 6.15. The molecule has 0 fully saturated rings. The van der Waals surface area contributed by atoms with Gasteiger partial charge in [-0.05, 0) is 0 Å². The highest BCUT2D eigenvalue weighted by Gasteiger charge is 2.39. The van der Waals surface area contributed by atoms with Crippen LogP contribution in [0.25, 0.3) is 0 Å². The van der Waals surface area contributed by atoms with E-state index in [2.05, 4.69) is 9.84 Å². The number of ether oxygens (including phenoxy) is 1. The van der Waals surface area contributed by atoms with E-state index < -0.39 is 23.2 Å². The maximum Gasteiger partial charge on any atom is 0.574 e. The number of rotatable bonds is 1. The summed E-state index contributed by atoms with van der Waals surface area (Å²) in [6.07, 6.45) is -8.67. The first-order valence-corrected chi connectivity index (χ1v) is 2.99. The molecule has 0 aliphatic heterocycles. The lowest BCUT2D eigenvalue weighted by Crippen LogP contribution is -2.24. The number of hydrogen-bond acceptors (Lipinski definition) is 2. The van der Waals surface area contributed by atoms with E-state index in [-0.39, 0.29) is 0 Å². The molecule has 1 aromatic rings. The van der Waals surface area contributed by atoms with Crippen LogP contribution in [0.3, 0.4) is 0 Å². The average molecular weight is 219 g/mol. The Labute approximate surface area is 72.9 Å². The van der Waals surface area contributed by atoms with Gasteiger partial charge in [-0.25, -0.2) is 0 Å². The van der Waals surface area contributed by atoms with Crippen molar-refractivity contribution in [2.24, 2.45) is 0 Å². The maximum absolute atomic E-state index is 11.9. The fourth-order valence-electron chi connectivity index (χ4n) is 0.625. The Morgan fingerprint density at radius 1 is 1.21 bits per heavy atom.